The highest BCUT2D eigenvalue weighted by molar-refractivity contribution is 5.47. The van der Waals surface area contributed by atoms with Crippen molar-refractivity contribution in [2.75, 3.05) is 23.7 Å². The van der Waals surface area contributed by atoms with E-state index < -0.39 is 0 Å². The van der Waals surface area contributed by atoms with Crippen molar-refractivity contribution in [3.8, 4) is 0 Å². The Labute approximate surface area is 118 Å². The molecule has 0 atom stereocenters. The Hall–Kier alpha value is -2.18. The quantitative estimate of drug-likeness (QED) is 0.761. The Kier molecular flexibility index (Phi) is 5.28. The lowest BCUT2D eigenvalue weighted by molar-refractivity contribution is 0.608. The summed E-state index contributed by atoms with van der Waals surface area (Å²) in [6.45, 7) is 6.60. The Morgan fingerprint density at radius 1 is 1.10 bits per heavy atom. The van der Waals surface area contributed by atoms with Crippen molar-refractivity contribution in [3.63, 3.8) is 0 Å². The summed E-state index contributed by atoms with van der Waals surface area (Å²) >= 11 is 0. The van der Waals surface area contributed by atoms with Crippen LogP contribution in [0.4, 0.5) is 11.6 Å². The van der Waals surface area contributed by atoms with Crippen molar-refractivity contribution in [2.24, 2.45) is 0 Å². The van der Waals surface area contributed by atoms with Gasteiger partial charge in [-0.2, -0.15) is 0 Å². The third-order valence-electron chi connectivity index (χ3n) is 2.76. The van der Waals surface area contributed by atoms with Gasteiger partial charge in [-0.1, -0.05) is 19.1 Å². The van der Waals surface area contributed by atoms with Crippen LogP contribution < -0.4 is 10.6 Å². The predicted molar refractivity (Wildman–Crippen MR) is 78.7 cm³/mol. The van der Waals surface area contributed by atoms with E-state index in [1.54, 1.807) is 10.9 Å². The number of nitrogens with zero attached hydrogens (tertiary/aromatic N) is 5. The number of hydrogen-bond donors (Lipinski definition) is 2. The molecule has 2 aromatic heterocycles. The first-order valence-electron chi connectivity index (χ1n) is 7.01. The minimum atomic E-state index is 0.747. The molecule has 108 valence electrons. The van der Waals surface area contributed by atoms with Crippen molar-refractivity contribution >= 4 is 11.6 Å². The van der Waals surface area contributed by atoms with E-state index in [1.807, 2.05) is 12.3 Å². The first-order chi connectivity index (χ1) is 9.81. The third kappa shape index (κ3) is 4.18. The van der Waals surface area contributed by atoms with Crippen molar-refractivity contribution < 1.29 is 0 Å². The molecule has 2 rings (SSSR count). The van der Waals surface area contributed by atoms with Crippen LogP contribution in [-0.4, -0.2) is 38.1 Å². The lowest BCUT2D eigenvalue weighted by Gasteiger charge is -2.10. The summed E-state index contributed by atoms with van der Waals surface area (Å²) in [7, 11) is 0. The number of nitrogens with one attached hydrogen (secondary N) is 2. The molecule has 7 heteroatoms. The maximum Gasteiger partial charge on any atom is 0.132 e. The molecule has 0 spiro atoms. The van der Waals surface area contributed by atoms with Gasteiger partial charge in [-0.25, -0.2) is 9.97 Å². The molecule has 2 heterocycles. The fourth-order valence-electron chi connectivity index (χ4n) is 1.74. The van der Waals surface area contributed by atoms with Crippen LogP contribution in [0.3, 0.4) is 0 Å². The number of rotatable bonds is 8. The fourth-order valence-corrected chi connectivity index (χ4v) is 1.74. The van der Waals surface area contributed by atoms with Crippen LogP contribution in [0.5, 0.6) is 0 Å². The molecule has 0 aliphatic rings. The largest absolute Gasteiger partial charge is 0.370 e. The van der Waals surface area contributed by atoms with Gasteiger partial charge in [0.1, 0.15) is 17.5 Å². The molecule has 2 N–H and O–H groups in total. The topological polar surface area (TPSA) is 80.5 Å². The van der Waals surface area contributed by atoms with Gasteiger partial charge in [0, 0.05) is 31.8 Å². The first kappa shape index (κ1) is 14.2. The molecule has 0 aliphatic carbocycles. The average Bonchev–Trinajstić information content (AvgIpc) is 2.98. The van der Waals surface area contributed by atoms with Crippen LogP contribution in [-0.2, 0) is 13.0 Å². The van der Waals surface area contributed by atoms with E-state index in [4.69, 9.17) is 0 Å². The SMILES string of the molecule is CCCNc1cc(NCCn2ccnn2)nc(CC)n1. The minimum absolute atomic E-state index is 0.747. The molecule has 0 amide bonds. The molecule has 20 heavy (non-hydrogen) atoms. The molecule has 0 aliphatic heterocycles. The monoisotopic (exact) mass is 275 g/mol. The van der Waals surface area contributed by atoms with E-state index in [0.717, 1.165) is 49.9 Å². The Morgan fingerprint density at radius 3 is 2.45 bits per heavy atom. The Bertz CT molecular complexity index is 509. The smallest absolute Gasteiger partial charge is 0.132 e. The summed E-state index contributed by atoms with van der Waals surface area (Å²) in [5.74, 6) is 2.56. The molecule has 0 radical (unpaired) electrons. The lowest BCUT2D eigenvalue weighted by atomic mass is 10.4. The molecule has 0 fully saturated rings. The first-order valence-corrected chi connectivity index (χ1v) is 7.01. The summed E-state index contributed by atoms with van der Waals surface area (Å²) < 4.78 is 1.78. The van der Waals surface area contributed by atoms with Gasteiger partial charge in [-0.15, -0.1) is 5.10 Å². The van der Waals surface area contributed by atoms with Crippen molar-refractivity contribution in [1.29, 1.82) is 0 Å². The van der Waals surface area contributed by atoms with Crippen molar-refractivity contribution in [2.45, 2.75) is 33.2 Å². The molecule has 0 saturated carbocycles. The van der Waals surface area contributed by atoms with Gasteiger partial charge < -0.3 is 10.6 Å². The molecule has 2 aromatic rings. The lowest BCUT2D eigenvalue weighted by Crippen LogP contribution is -2.13. The summed E-state index contributed by atoms with van der Waals surface area (Å²) in [6, 6.07) is 1.94. The van der Waals surface area contributed by atoms with Gasteiger partial charge in [-0.3, -0.25) is 4.68 Å². The molecule has 7 nitrogen and oxygen atoms in total. The van der Waals surface area contributed by atoms with Crippen LogP contribution in [0.2, 0.25) is 0 Å². The number of aromatic nitrogens is 5. The molecule has 0 saturated heterocycles. The van der Waals surface area contributed by atoms with Gasteiger partial charge in [0.15, 0.2) is 0 Å². The zero-order chi connectivity index (χ0) is 14.2. The zero-order valence-corrected chi connectivity index (χ0v) is 12.0. The van der Waals surface area contributed by atoms with Crippen LogP contribution in [0.15, 0.2) is 18.5 Å². The van der Waals surface area contributed by atoms with E-state index in [2.05, 4.69) is 44.8 Å². The number of aryl methyl sites for hydroxylation is 1. The highest BCUT2D eigenvalue weighted by Crippen LogP contribution is 2.11. The van der Waals surface area contributed by atoms with Crippen LogP contribution in [0, 0.1) is 0 Å². The van der Waals surface area contributed by atoms with Gasteiger partial charge >= 0.3 is 0 Å². The normalized spacial score (nSPS) is 10.5. The highest BCUT2D eigenvalue weighted by atomic mass is 15.4. The van der Waals surface area contributed by atoms with Crippen LogP contribution in [0.1, 0.15) is 26.1 Å². The second kappa shape index (κ2) is 7.42. The minimum Gasteiger partial charge on any atom is -0.370 e. The second-order valence-electron chi connectivity index (χ2n) is 4.43. The van der Waals surface area contributed by atoms with Gasteiger partial charge in [-0.05, 0) is 6.42 Å². The standard InChI is InChI=1S/C13H21N7/c1-3-5-14-12-10-13(18-11(4-2)17-12)15-6-8-20-9-7-16-19-20/h7,9-10H,3-6,8H2,1-2H3,(H2,14,15,17,18). The number of anilines is 2. The number of hydrogen-bond acceptors (Lipinski definition) is 6. The van der Waals surface area contributed by atoms with Crippen LogP contribution in [0.25, 0.3) is 0 Å². The maximum absolute atomic E-state index is 4.47. The van der Waals surface area contributed by atoms with Crippen molar-refractivity contribution in [1.82, 2.24) is 25.0 Å². The van der Waals surface area contributed by atoms with Gasteiger partial charge in [0.2, 0.25) is 0 Å². The zero-order valence-electron chi connectivity index (χ0n) is 12.0. The molecular weight excluding hydrogens is 254 g/mol. The highest BCUT2D eigenvalue weighted by Gasteiger charge is 2.03. The predicted octanol–water partition coefficient (Wildman–Crippen LogP) is 1.56. The van der Waals surface area contributed by atoms with Crippen molar-refractivity contribution in [3.05, 3.63) is 24.3 Å². The fraction of sp³-hybridized carbons (Fsp3) is 0.538. The average molecular weight is 275 g/mol. The van der Waals surface area contributed by atoms with Gasteiger partial charge in [0.05, 0.1) is 12.7 Å². The molecule has 0 aromatic carbocycles. The van der Waals surface area contributed by atoms with Gasteiger partial charge in [0.25, 0.3) is 0 Å². The molecular formula is C13H21N7. The van der Waals surface area contributed by atoms with E-state index in [9.17, 15) is 0 Å². The van der Waals surface area contributed by atoms with E-state index >= 15 is 0 Å². The van der Waals surface area contributed by atoms with Crippen LogP contribution >= 0.6 is 0 Å². The third-order valence-corrected chi connectivity index (χ3v) is 2.76. The van der Waals surface area contributed by atoms with E-state index in [-0.39, 0.29) is 0 Å². The summed E-state index contributed by atoms with van der Waals surface area (Å²) in [4.78, 5) is 8.93. The second-order valence-corrected chi connectivity index (χ2v) is 4.43. The summed E-state index contributed by atoms with van der Waals surface area (Å²) in [5.41, 5.74) is 0. The Morgan fingerprint density at radius 2 is 1.85 bits per heavy atom. The summed E-state index contributed by atoms with van der Waals surface area (Å²) in [6.07, 6.45) is 5.40. The maximum atomic E-state index is 4.47. The van der Waals surface area contributed by atoms with E-state index in [0.29, 0.717) is 0 Å². The molecule has 0 unspecified atom stereocenters. The van der Waals surface area contributed by atoms with E-state index in [1.165, 1.54) is 0 Å². The summed E-state index contributed by atoms with van der Waals surface area (Å²) in [5, 5.41) is 14.3. The Balaban J connectivity index is 1.94. The molecule has 0 bridgehead atoms.